The van der Waals surface area contributed by atoms with Crippen LogP contribution in [-0.4, -0.2) is 35.1 Å². The van der Waals surface area contributed by atoms with Crippen LogP contribution in [0.5, 0.6) is 0 Å². The predicted octanol–water partition coefficient (Wildman–Crippen LogP) is 6.91. The van der Waals surface area contributed by atoms with Gasteiger partial charge < -0.3 is 14.9 Å². The average molecular weight is 461 g/mol. The number of aliphatic hydroxyl groups is 2. The molecule has 0 aliphatic heterocycles. The Balaban J connectivity index is 1.53. The zero-order valence-electron chi connectivity index (χ0n) is 22.5. The zero-order chi connectivity index (χ0) is 24.1. The molecule has 4 rings (SSSR count). The van der Waals surface area contributed by atoms with E-state index >= 15 is 0 Å². The summed E-state index contributed by atoms with van der Waals surface area (Å²) < 4.78 is 5.89. The zero-order valence-corrected chi connectivity index (χ0v) is 22.5. The largest absolute Gasteiger partial charge is 0.390 e. The lowest BCUT2D eigenvalue weighted by Gasteiger charge is -2.60. The van der Waals surface area contributed by atoms with E-state index in [0.29, 0.717) is 17.3 Å². The molecule has 0 spiro atoms. The molecule has 3 heteroatoms. The number of hydrogen-bond donors (Lipinski definition) is 2. The normalized spacial score (nSPS) is 43.9. The second-order valence-electron chi connectivity index (χ2n) is 13.3. The molecule has 0 saturated heterocycles. The van der Waals surface area contributed by atoms with Gasteiger partial charge in [0.15, 0.2) is 0 Å². The summed E-state index contributed by atoms with van der Waals surface area (Å²) in [6, 6.07) is 0. The summed E-state index contributed by atoms with van der Waals surface area (Å²) >= 11 is 0. The van der Waals surface area contributed by atoms with Crippen molar-refractivity contribution in [2.45, 2.75) is 123 Å². The van der Waals surface area contributed by atoms with Gasteiger partial charge in [0.05, 0.1) is 17.8 Å². The van der Waals surface area contributed by atoms with Gasteiger partial charge in [-0.15, -0.1) is 0 Å². The van der Waals surface area contributed by atoms with Crippen molar-refractivity contribution in [1.29, 1.82) is 0 Å². The van der Waals surface area contributed by atoms with Crippen molar-refractivity contribution in [3.05, 3.63) is 11.6 Å². The molecule has 33 heavy (non-hydrogen) atoms. The fourth-order valence-electron chi connectivity index (χ4n) is 9.41. The molecule has 0 amide bonds. The first-order valence-corrected chi connectivity index (χ1v) is 14.2. The summed E-state index contributed by atoms with van der Waals surface area (Å²) in [5.41, 5.74) is 1.09. The van der Waals surface area contributed by atoms with Crippen molar-refractivity contribution in [2.24, 2.45) is 40.4 Å². The third-order valence-corrected chi connectivity index (χ3v) is 11.6. The third kappa shape index (κ3) is 4.38. The number of hydrogen-bond acceptors (Lipinski definition) is 3. The van der Waals surface area contributed by atoms with Gasteiger partial charge in [0.1, 0.15) is 0 Å². The molecular weight excluding hydrogens is 408 g/mol. The van der Waals surface area contributed by atoms with Crippen LogP contribution in [0.3, 0.4) is 0 Å². The number of fused-ring (bicyclic) bond motifs is 5. The molecule has 8 atom stereocenters. The highest BCUT2D eigenvalue weighted by molar-refractivity contribution is 5.28. The minimum Gasteiger partial charge on any atom is -0.390 e. The summed E-state index contributed by atoms with van der Waals surface area (Å²) in [6.07, 6.45) is 15.8. The topological polar surface area (TPSA) is 49.7 Å². The lowest BCUT2D eigenvalue weighted by molar-refractivity contribution is -0.0980. The Morgan fingerprint density at radius 2 is 1.82 bits per heavy atom. The molecule has 0 aromatic heterocycles. The summed E-state index contributed by atoms with van der Waals surface area (Å²) in [5.74, 6) is 3.77. The molecule has 0 bridgehead atoms. The Labute approximate surface area is 203 Å². The SMILES string of the molecule is CCC(O)(CC)CC[C@@H](C)[C@H]1CC[C@H]2[C@@H]3CC=C4C[C@@](C)(O)CC[C@]4(COC)[C@H]3CC[C@]12C. The standard InChI is InChI=1S/C30H52O3/c1-7-29(32,8-2)16-13-21(3)24-11-12-25-23-10-9-22-19-27(4,31)17-18-30(22,20-33-6)26(23)14-15-28(24,25)5/h9,21,23-26,31-32H,7-8,10-20H2,1-6H3/t21-,23+,24-,25+,26+,27+,28-,30-/m1/s1. The maximum absolute atomic E-state index is 10.9. The highest BCUT2D eigenvalue weighted by Gasteiger charge is 2.61. The van der Waals surface area contributed by atoms with Crippen molar-refractivity contribution in [1.82, 2.24) is 0 Å². The summed E-state index contributed by atoms with van der Waals surface area (Å²) in [4.78, 5) is 0. The van der Waals surface area contributed by atoms with Crippen LogP contribution in [0.2, 0.25) is 0 Å². The molecule has 0 radical (unpaired) electrons. The minimum atomic E-state index is -0.550. The quantitative estimate of drug-likeness (QED) is 0.387. The molecule has 3 saturated carbocycles. The average Bonchev–Trinajstić information content (AvgIpc) is 3.14. The van der Waals surface area contributed by atoms with Gasteiger partial charge in [0.25, 0.3) is 0 Å². The van der Waals surface area contributed by atoms with E-state index in [-0.39, 0.29) is 5.41 Å². The van der Waals surface area contributed by atoms with E-state index in [2.05, 4.69) is 33.8 Å². The van der Waals surface area contributed by atoms with Crippen LogP contribution in [-0.2, 0) is 4.74 Å². The van der Waals surface area contributed by atoms with Crippen LogP contribution in [0.4, 0.5) is 0 Å². The Hall–Kier alpha value is -0.380. The van der Waals surface area contributed by atoms with Gasteiger partial charge in [-0.3, -0.25) is 0 Å². The maximum Gasteiger partial charge on any atom is 0.0657 e. The second-order valence-corrected chi connectivity index (χ2v) is 13.3. The van der Waals surface area contributed by atoms with Gasteiger partial charge in [-0.25, -0.2) is 0 Å². The number of allylic oxidation sites excluding steroid dienone is 1. The molecule has 4 aliphatic rings. The third-order valence-electron chi connectivity index (χ3n) is 11.6. The van der Waals surface area contributed by atoms with Crippen LogP contribution in [0.15, 0.2) is 11.6 Å². The second kappa shape index (κ2) is 9.25. The van der Waals surface area contributed by atoms with E-state index in [1.54, 1.807) is 0 Å². The lowest BCUT2D eigenvalue weighted by Crippen LogP contribution is -2.54. The van der Waals surface area contributed by atoms with Crippen LogP contribution in [0, 0.1) is 40.4 Å². The molecule has 3 nitrogen and oxygen atoms in total. The first-order chi connectivity index (χ1) is 15.5. The van der Waals surface area contributed by atoms with Gasteiger partial charge in [0, 0.05) is 12.5 Å². The molecule has 0 unspecified atom stereocenters. The monoisotopic (exact) mass is 460 g/mol. The Bertz CT molecular complexity index is 722. The highest BCUT2D eigenvalue weighted by atomic mass is 16.5. The van der Waals surface area contributed by atoms with Crippen LogP contribution < -0.4 is 0 Å². The molecule has 0 heterocycles. The van der Waals surface area contributed by atoms with E-state index in [4.69, 9.17) is 4.74 Å². The van der Waals surface area contributed by atoms with Crippen molar-refractivity contribution in [3.8, 4) is 0 Å². The molecule has 190 valence electrons. The van der Waals surface area contributed by atoms with Crippen LogP contribution >= 0.6 is 0 Å². The fraction of sp³-hybridized carbons (Fsp3) is 0.933. The first-order valence-electron chi connectivity index (χ1n) is 14.2. The van der Waals surface area contributed by atoms with E-state index in [0.717, 1.165) is 69.3 Å². The minimum absolute atomic E-state index is 0.156. The van der Waals surface area contributed by atoms with Gasteiger partial charge >= 0.3 is 0 Å². The van der Waals surface area contributed by atoms with E-state index < -0.39 is 11.2 Å². The maximum atomic E-state index is 10.9. The van der Waals surface area contributed by atoms with Gasteiger partial charge in [0.2, 0.25) is 0 Å². The van der Waals surface area contributed by atoms with Crippen LogP contribution in [0.1, 0.15) is 112 Å². The van der Waals surface area contributed by atoms with Gasteiger partial charge in [-0.05, 0) is 119 Å². The molecular formula is C30H52O3. The smallest absolute Gasteiger partial charge is 0.0657 e. The Kier molecular flexibility index (Phi) is 7.20. The molecule has 0 aromatic carbocycles. The summed E-state index contributed by atoms with van der Waals surface area (Å²) in [6.45, 7) is 12.2. The Morgan fingerprint density at radius 1 is 1.09 bits per heavy atom. The van der Waals surface area contributed by atoms with Crippen molar-refractivity contribution >= 4 is 0 Å². The van der Waals surface area contributed by atoms with Crippen molar-refractivity contribution in [2.75, 3.05) is 13.7 Å². The van der Waals surface area contributed by atoms with E-state index in [1.807, 2.05) is 14.0 Å². The Morgan fingerprint density at radius 3 is 2.48 bits per heavy atom. The van der Waals surface area contributed by atoms with Crippen molar-refractivity contribution < 1.29 is 14.9 Å². The highest BCUT2D eigenvalue weighted by Crippen LogP contribution is 2.68. The fourth-order valence-corrected chi connectivity index (χ4v) is 9.41. The van der Waals surface area contributed by atoms with E-state index in [9.17, 15) is 10.2 Å². The van der Waals surface area contributed by atoms with Crippen LogP contribution in [0.25, 0.3) is 0 Å². The first kappa shape index (κ1) is 25.7. The molecule has 2 N–H and O–H groups in total. The molecule has 4 aliphatic carbocycles. The predicted molar refractivity (Wildman–Crippen MR) is 136 cm³/mol. The summed E-state index contributed by atoms with van der Waals surface area (Å²) in [5, 5.41) is 21.7. The number of ether oxygens (including phenoxy) is 1. The number of rotatable bonds is 8. The molecule has 3 fully saturated rings. The molecule has 0 aromatic rings. The number of methoxy groups -OCH3 is 1. The summed E-state index contributed by atoms with van der Waals surface area (Å²) in [7, 11) is 1.87. The van der Waals surface area contributed by atoms with Crippen molar-refractivity contribution in [3.63, 3.8) is 0 Å². The van der Waals surface area contributed by atoms with Gasteiger partial charge in [-0.1, -0.05) is 39.3 Å². The van der Waals surface area contributed by atoms with Gasteiger partial charge in [-0.2, -0.15) is 0 Å². The van der Waals surface area contributed by atoms with E-state index in [1.165, 1.54) is 37.7 Å². The lowest BCUT2D eigenvalue weighted by atomic mass is 9.46.